The average molecular weight is 524 g/mol. The third-order valence-corrected chi connectivity index (χ3v) is 7.74. The van der Waals surface area contributed by atoms with Crippen molar-refractivity contribution in [2.75, 3.05) is 38.3 Å². The SMILES string of the molecule is CCc1cc(F)c(F)cc1CN1CC2(COC2)Cn2cc(-c3nc(NC4CCOC4)ncc3C)cc2C1=O. The Morgan fingerprint density at radius 2 is 1.92 bits per heavy atom. The smallest absolute Gasteiger partial charge is 0.270 e. The summed E-state index contributed by atoms with van der Waals surface area (Å²) in [7, 11) is 0. The monoisotopic (exact) mass is 523 g/mol. The van der Waals surface area contributed by atoms with Gasteiger partial charge in [0.05, 0.1) is 37.0 Å². The van der Waals surface area contributed by atoms with Crippen molar-refractivity contribution < 1.29 is 23.0 Å². The minimum absolute atomic E-state index is 0.153. The Hall–Kier alpha value is -3.37. The van der Waals surface area contributed by atoms with Crippen molar-refractivity contribution in [3.05, 3.63) is 64.6 Å². The van der Waals surface area contributed by atoms with E-state index in [0.29, 0.717) is 62.1 Å². The van der Waals surface area contributed by atoms with Crippen molar-refractivity contribution in [1.29, 1.82) is 0 Å². The van der Waals surface area contributed by atoms with Crippen LogP contribution in [0.5, 0.6) is 0 Å². The number of carbonyl (C=O) groups is 1. The van der Waals surface area contributed by atoms with E-state index in [2.05, 4.69) is 10.3 Å². The van der Waals surface area contributed by atoms with E-state index in [9.17, 15) is 13.6 Å². The standard InChI is InChI=1S/C28H31F2N5O3/c1-3-18-6-22(29)23(30)7-19(18)10-35-14-28(15-38-16-28)13-34-11-20(8-24(34)26(35)36)25-17(2)9-31-27(33-25)32-21-4-5-37-12-21/h6-9,11,21H,3-5,10,12-16H2,1-2H3,(H,31,32,33). The Labute approximate surface area is 220 Å². The first-order valence-electron chi connectivity index (χ1n) is 13.1. The Bertz CT molecular complexity index is 1380. The molecule has 3 aliphatic heterocycles. The summed E-state index contributed by atoms with van der Waals surface area (Å²) in [5.74, 6) is -1.39. The fourth-order valence-electron chi connectivity index (χ4n) is 5.65. The van der Waals surface area contributed by atoms with Gasteiger partial charge < -0.3 is 24.3 Å². The van der Waals surface area contributed by atoms with Gasteiger partial charge in [-0.2, -0.15) is 0 Å². The first kappa shape index (κ1) is 24.9. The van der Waals surface area contributed by atoms with Gasteiger partial charge >= 0.3 is 0 Å². The van der Waals surface area contributed by atoms with E-state index in [1.54, 1.807) is 11.1 Å². The maximum atomic E-state index is 14.2. The highest BCUT2D eigenvalue weighted by Crippen LogP contribution is 2.37. The number of hydrogen-bond acceptors (Lipinski definition) is 6. The molecule has 1 aromatic carbocycles. The molecule has 2 fully saturated rings. The molecule has 3 aromatic rings. The van der Waals surface area contributed by atoms with E-state index >= 15 is 0 Å². The van der Waals surface area contributed by atoms with Crippen LogP contribution >= 0.6 is 0 Å². The van der Waals surface area contributed by atoms with Gasteiger partial charge in [-0.25, -0.2) is 18.7 Å². The maximum absolute atomic E-state index is 14.2. The van der Waals surface area contributed by atoms with Gasteiger partial charge in [-0.15, -0.1) is 0 Å². The lowest BCUT2D eigenvalue weighted by Gasteiger charge is -2.43. The first-order chi connectivity index (χ1) is 18.3. The van der Waals surface area contributed by atoms with Crippen LogP contribution in [0.15, 0.2) is 30.6 Å². The van der Waals surface area contributed by atoms with E-state index in [4.69, 9.17) is 14.5 Å². The first-order valence-corrected chi connectivity index (χ1v) is 13.1. The minimum Gasteiger partial charge on any atom is -0.380 e. The van der Waals surface area contributed by atoms with Crippen molar-refractivity contribution in [2.45, 2.75) is 45.8 Å². The van der Waals surface area contributed by atoms with Crippen LogP contribution in [0.25, 0.3) is 11.3 Å². The number of amides is 1. The summed E-state index contributed by atoms with van der Waals surface area (Å²) < 4.78 is 41.1. The topological polar surface area (TPSA) is 81.5 Å². The second kappa shape index (κ2) is 9.74. The molecule has 2 saturated heterocycles. The summed E-state index contributed by atoms with van der Waals surface area (Å²) in [6.45, 7) is 7.56. The highest BCUT2D eigenvalue weighted by Gasteiger charge is 2.45. The van der Waals surface area contributed by atoms with Crippen molar-refractivity contribution in [3.8, 4) is 11.3 Å². The van der Waals surface area contributed by atoms with Crippen molar-refractivity contribution >= 4 is 11.9 Å². The van der Waals surface area contributed by atoms with Gasteiger partial charge in [0.2, 0.25) is 5.95 Å². The van der Waals surface area contributed by atoms with Gasteiger partial charge in [-0.05, 0) is 54.7 Å². The van der Waals surface area contributed by atoms with E-state index in [-0.39, 0.29) is 23.9 Å². The van der Waals surface area contributed by atoms with Crippen molar-refractivity contribution in [1.82, 2.24) is 19.4 Å². The van der Waals surface area contributed by atoms with Crippen molar-refractivity contribution in [3.63, 3.8) is 0 Å². The number of aryl methyl sites for hydroxylation is 2. The van der Waals surface area contributed by atoms with Gasteiger partial charge in [0.25, 0.3) is 5.91 Å². The Morgan fingerprint density at radius 3 is 2.61 bits per heavy atom. The molecule has 38 heavy (non-hydrogen) atoms. The van der Waals surface area contributed by atoms with Gasteiger partial charge in [-0.1, -0.05) is 6.92 Å². The summed E-state index contributed by atoms with van der Waals surface area (Å²) in [4.78, 5) is 24.8. The largest absolute Gasteiger partial charge is 0.380 e. The Kier molecular flexibility index (Phi) is 6.39. The van der Waals surface area contributed by atoms with Crippen LogP contribution < -0.4 is 5.32 Å². The van der Waals surface area contributed by atoms with Crippen LogP contribution in [0.1, 0.15) is 40.5 Å². The number of nitrogens with zero attached hydrogens (tertiary/aromatic N) is 4. The van der Waals surface area contributed by atoms with Crippen LogP contribution in [0.3, 0.4) is 0 Å². The summed E-state index contributed by atoms with van der Waals surface area (Å²) in [6.07, 6.45) is 5.21. The molecule has 1 unspecified atom stereocenters. The van der Waals surface area contributed by atoms with Gasteiger partial charge in [0, 0.05) is 44.2 Å². The van der Waals surface area contributed by atoms with E-state index in [1.807, 2.05) is 30.7 Å². The normalized spacial score (nSPS) is 20.4. The van der Waals surface area contributed by atoms with Gasteiger partial charge in [0.15, 0.2) is 11.6 Å². The number of anilines is 1. The van der Waals surface area contributed by atoms with E-state index in [0.717, 1.165) is 29.8 Å². The lowest BCUT2D eigenvalue weighted by atomic mass is 9.85. The molecule has 5 heterocycles. The Balaban J connectivity index is 1.34. The zero-order chi connectivity index (χ0) is 26.4. The van der Waals surface area contributed by atoms with Crippen LogP contribution in [0.2, 0.25) is 0 Å². The number of halogens is 2. The van der Waals surface area contributed by atoms with Crippen LogP contribution in [-0.4, -0.2) is 64.4 Å². The van der Waals surface area contributed by atoms with Gasteiger partial charge in [0.1, 0.15) is 5.69 Å². The number of ether oxygens (including phenoxy) is 2. The summed E-state index contributed by atoms with van der Waals surface area (Å²) in [5, 5.41) is 3.34. The molecule has 0 bridgehead atoms. The molecule has 0 radical (unpaired) electrons. The number of aromatic nitrogens is 3. The molecule has 1 spiro atoms. The Morgan fingerprint density at radius 1 is 1.13 bits per heavy atom. The molecule has 8 nitrogen and oxygen atoms in total. The van der Waals surface area contributed by atoms with Gasteiger partial charge in [-0.3, -0.25) is 4.79 Å². The lowest BCUT2D eigenvalue weighted by molar-refractivity contribution is -0.129. The zero-order valence-electron chi connectivity index (χ0n) is 21.6. The molecule has 0 aliphatic carbocycles. The van der Waals surface area contributed by atoms with Crippen LogP contribution in [-0.2, 0) is 29.0 Å². The third kappa shape index (κ3) is 4.56. The second-order valence-corrected chi connectivity index (χ2v) is 10.7. The maximum Gasteiger partial charge on any atom is 0.270 e. The lowest BCUT2D eigenvalue weighted by Crippen LogP contribution is -2.52. The molecular formula is C28H31F2N5O3. The average Bonchev–Trinajstić information content (AvgIpc) is 3.52. The van der Waals surface area contributed by atoms with E-state index in [1.165, 1.54) is 12.1 Å². The molecule has 10 heteroatoms. The molecular weight excluding hydrogens is 492 g/mol. The molecule has 0 saturated carbocycles. The van der Waals surface area contributed by atoms with Crippen LogP contribution in [0.4, 0.5) is 14.7 Å². The second-order valence-electron chi connectivity index (χ2n) is 10.7. The molecule has 1 atom stereocenters. The van der Waals surface area contributed by atoms with Crippen LogP contribution in [0, 0.1) is 24.0 Å². The number of rotatable bonds is 6. The minimum atomic E-state index is -0.903. The number of benzene rings is 1. The summed E-state index contributed by atoms with van der Waals surface area (Å²) >= 11 is 0. The molecule has 2 aromatic heterocycles. The highest BCUT2D eigenvalue weighted by atomic mass is 19.2. The number of carbonyl (C=O) groups excluding carboxylic acids is 1. The molecule has 200 valence electrons. The molecule has 3 aliphatic rings. The molecule has 6 rings (SSSR count). The predicted octanol–water partition coefficient (Wildman–Crippen LogP) is 3.97. The summed E-state index contributed by atoms with van der Waals surface area (Å²) in [6, 6.07) is 4.50. The highest BCUT2D eigenvalue weighted by molar-refractivity contribution is 5.94. The predicted molar refractivity (Wildman–Crippen MR) is 137 cm³/mol. The number of fused-ring (bicyclic) bond motifs is 1. The molecule has 1 N–H and O–H groups in total. The fraction of sp³-hybridized carbons (Fsp3) is 0.464. The van der Waals surface area contributed by atoms with Crippen molar-refractivity contribution in [2.24, 2.45) is 5.41 Å². The zero-order valence-corrected chi connectivity index (χ0v) is 21.6. The summed E-state index contributed by atoms with van der Waals surface area (Å²) in [5.41, 5.74) is 4.11. The fourth-order valence-corrected chi connectivity index (χ4v) is 5.65. The third-order valence-electron chi connectivity index (χ3n) is 7.74. The number of hydrogen-bond donors (Lipinski definition) is 1. The quantitative estimate of drug-likeness (QED) is 0.527. The van der Waals surface area contributed by atoms with E-state index < -0.39 is 11.6 Å². The molecule has 1 amide bonds. The number of nitrogens with one attached hydrogen (secondary N) is 1.